The van der Waals surface area contributed by atoms with Gasteiger partial charge < -0.3 is 15.0 Å². The number of nitrogens with one attached hydrogen (secondary N) is 1. The maximum absolute atomic E-state index is 15.1. The molecule has 0 aliphatic carbocycles. The van der Waals surface area contributed by atoms with Gasteiger partial charge in [0.05, 0.1) is 70.1 Å². The topological polar surface area (TPSA) is 67.4 Å². The number of hydrogen-bond acceptors (Lipinski definition) is 6. The van der Waals surface area contributed by atoms with Gasteiger partial charge in [-0.05, 0) is 24.6 Å². The number of halogens is 2. The minimum atomic E-state index is -1.28. The van der Waals surface area contributed by atoms with E-state index in [1.807, 2.05) is 25.1 Å². The van der Waals surface area contributed by atoms with Crippen LogP contribution in [0, 0.1) is 18.6 Å². The summed E-state index contributed by atoms with van der Waals surface area (Å²) in [5.74, 6) is -1.43. The molecule has 1 atom stereocenters. The zero-order valence-electron chi connectivity index (χ0n) is 19.3. The average Bonchev–Trinajstić information content (AvgIpc) is 2.86. The van der Waals surface area contributed by atoms with Crippen LogP contribution in [0.25, 0.3) is 22.2 Å². The predicted octanol–water partition coefficient (Wildman–Crippen LogP) is 5.20. The number of ether oxygens (including phenoxy) is 1. The molecule has 0 amide bonds. The molecular formula is C26H24F2N4O2S. The fourth-order valence-electron chi connectivity index (χ4n) is 4.37. The Hall–Kier alpha value is -3.43. The lowest BCUT2D eigenvalue weighted by molar-refractivity contribution is 0.122. The highest BCUT2D eigenvalue weighted by atomic mass is 32.2. The molecule has 4 aromatic rings. The molecule has 1 saturated heterocycles. The third-order valence-corrected chi connectivity index (χ3v) is 7.04. The molecular weight excluding hydrogens is 470 g/mol. The molecule has 2 aromatic heterocycles. The predicted molar refractivity (Wildman–Crippen MR) is 135 cm³/mol. The van der Waals surface area contributed by atoms with Gasteiger partial charge in [0.15, 0.2) is 0 Å². The van der Waals surface area contributed by atoms with Gasteiger partial charge in [-0.25, -0.2) is 13.8 Å². The Morgan fingerprint density at radius 1 is 1.09 bits per heavy atom. The van der Waals surface area contributed by atoms with Gasteiger partial charge >= 0.3 is 0 Å². The summed E-state index contributed by atoms with van der Waals surface area (Å²) in [7, 11) is -1.28. The molecule has 2 aromatic carbocycles. The number of fused-ring (bicyclic) bond motifs is 1. The summed E-state index contributed by atoms with van der Waals surface area (Å²) >= 11 is 0. The quantitative estimate of drug-likeness (QED) is 0.411. The van der Waals surface area contributed by atoms with Crippen molar-refractivity contribution in [1.29, 1.82) is 0 Å². The van der Waals surface area contributed by atoms with Crippen molar-refractivity contribution in [3.8, 4) is 11.3 Å². The van der Waals surface area contributed by atoms with Crippen LogP contribution in [0.1, 0.15) is 5.56 Å². The normalized spacial score (nSPS) is 14.8. The molecule has 1 fully saturated rings. The second-order valence-corrected chi connectivity index (χ2v) is 9.70. The lowest BCUT2D eigenvalue weighted by Crippen LogP contribution is -2.36. The zero-order valence-corrected chi connectivity index (χ0v) is 20.2. The number of rotatable bonds is 5. The average molecular weight is 495 g/mol. The Balaban J connectivity index is 1.68. The van der Waals surface area contributed by atoms with E-state index in [9.17, 15) is 8.60 Å². The van der Waals surface area contributed by atoms with Crippen LogP contribution in [0.5, 0.6) is 0 Å². The highest BCUT2D eigenvalue weighted by Crippen LogP contribution is 2.38. The van der Waals surface area contributed by atoms with Crippen molar-refractivity contribution >= 4 is 38.8 Å². The third-order valence-electron chi connectivity index (χ3n) is 6.07. The summed E-state index contributed by atoms with van der Waals surface area (Å²) in [5, 5.41) is 3.50. The van der Waals surface area contributed by atoms with Crippen molar-refractivity contribution < 1.29 is 17.7 Å². The first-order valence-corrected chi connectivity index (χ1v) is 12.7. The van der Waals surface area contributed by atoms with Crippen molar-refractivity contribution in [3.63, 3.8) is 0 Å². The molecule has 1 N–H and O–H groups in total. The van der Waals surface area contributed by atoms with Crippen LogP contribution >= 0.6 is 0 Å². The minimum Gasteiger partial charge on any atom is -0.378 e. The Morgan fingerprint density at radius 3 is 2.63 bits per heavy atom. The van der Waals surface area contributed by atoms with Crippen LogP contribution in [-0.4, -0.2) is 46.7 Å². The van der Waals surface area contributed by atoms with E-state index in [4.69, 9.17) is 4.74 Å². The summed E-state index contributed by atoms with van der Waals surface area (Å²) in [5.41, 5.74) is 4.02. The summed E-state index contributed by atoms with van der Waals surface area (Å²) in [6, 6.07) is 11.2. The number of anilines is 3. The summed E-state index contributed by atoms with van der Waals surface area (Å²) in [6.45, 7) is 4.62. The van der Waals surface area contributed by atoms with Gasteiger partial charge in [-0.1, -0.05) is 18.2 Å². The molecule has 1 aliphatic rings. The van der Waals surface area contributed by atoms with E-state index in [0.717, 1.165) is 24.8 Å². The lowest BCUT2D eigenvalue weighted by atomic mass is 10.0. The van der Waals surface area contributed by atoms with Crippen LogP contribution in [0.2, 0.25) is 0 Å². The molecule has 9 heteroatoms. The number of nitrogens with zero attached hydrogens (tertiary/aromatic N) is 3. The fourth-order valence-corrected chi connectivity index (χ4v) is 5.12. The van der Waals surface area contributed by atoms with E-state index in [-0.39, 0.29) is 10.9 Å². The molecule has 35 heavy (non-hydrogen) atoms. The van der Waals surface area contributed by atoms with Crippen LogP contribution < -0.4 is 10.2 Å². The largest absolute Gasteiger partial charge is 0.378 e. The Bertz CT molecular complexity index is 1440. The molecule has 0 radical (unpaired) electrons. The van der Waals surface area contributed by atoms with E-state index in [1.54, 1.807) is 30.8 Å². The number of pyridine rings is 2. The van der Waals surface area contributed by atoms with Crippen LogP contribution in [0.15, 0.2) is 59.8 Å². The summed E-state index contributed by atoms with van der Waals surface area (Å²) in [6.07, 6.45) is 5.03. The number of aromatic nitrogens is 2. The van der Waals surface area contributed by atoms with Crippen molar-refractivity contribution in [2.75, 3.05) is 42.8 Å². The first-order chi connectivity index (χ1) is 16.9. The highest BCUT2D eigenvalue weighted by molar-refractivity contribution is 7.84. The van der Waals surface area contributed by atoms with Crippen molar-refractivity contribution in [2.45, 2.75) is 11.8 Å². The van der Waals surface area contributed by atoms with E-state index < -0.39 is 22.4 Å². The Morgan fingerprint density at radius 2 is 1.86 bits per heavy atom. The Labute approximate surface area is 204 Å². The third kappa shape index (κ3) is 4.61. The zero-order chi connectivity index (χ0) is 24.5. The SMILES string of the molecule is Cc1c(-c2ccccc2[S@](C)=O)nc2cc(F)cc(F)c2c1Nc1cncc(N2CCOCC2)c1. The fraction of sp³-hybridized carbons (Fsp3) is 0.231. The summed E-state index contributed by atoms with van der Waals surface area (Å²) < 4.78 is 47.1. The molecule has 0 unspecified atom stereocenters. The first-order valence-electron chi connectivity index (χ1n) is 11.2. The van der Waals surface area contributed by atoms with Gasteiger partial charge in [0.25, 0.3) is 0 Å². The van der Waals surface area contributed by atoms with Crippen molar-refractivity contribution in [2.24, 2.45) is 0 Å². The minimum absolute atomic E-state index is 0.166. The summed E-state index contributed by atoms with van der Waals surface area (Å²) in [4.78, 5) is 11.7. The smallest absolute Gasteiger partial charge is 0.137 e. The van der Waals surface area contributed by atoms with Gasteiger partial charge in [0.1, 0.15) is 11.6 Å². The maximum Gasteiger partial charge on any atom is 0.137 e. The van der Waals surface area contributed by atoms with Crippen LogP contribution in [-0.2, 0) is 15.5 Å². The monoisotopic (exact) mass is 494 g/mol. The van der Waals surface area contributed by atoms with Gasteiger partial charge in [0.2, 0.25) is 0 Å². The Kier molecular flexibility index (Phi) is 6.44. The second-order valence-electron chi connectivity index (χ2n) is 8.35. The van der Waals surface area contributed by atoms with Crippen LogP contribution in [0.3, 0.4) is 0 Å². The molecule has 0 bridgehead atoms. The molecule has 180 valence electrons. The molecule has 6 nitrogen and oxygen atoms in total. The number of benzene rings is 2. The maximum atomic E-state index is 15.1. The number of hydrogen-bond donors (Lipinski definition) is 1. The van der Waals surface area contributed by atoms with Crippen molar-refractivity contribution in [1.82, 2.24) is 9.97 Å². The molecule has 5 rings (SSSR count). The van der Waals surface area contributed by atoms with Crippen LogP contribution in [0.4, 0.5) is 25.8 Å². The van der Waals surface area contributed by atoms with Gasteiger partial charge in [-0.2, -0.15) is 0 Å². The molecule has 0 saturated carbocycles. The first kappa shape index (κ1) is 23.3. The lowest BCUT2D eigenvalue weighted by Gasteiger charge is -2.28. The van der Waals surface area contributed by atoms with Gasteiger partial charge in [-0.15, -0.1) is 0 Å². The molecule has 1 aliphatic heterocycles. The molecule has 3 heterocycles. The molecule has 0 spiro atoms. The van der Waals surface area contributed by atoms with E-state index >= 15 is 4.39 Å². The van der Waals surface area contributed by atoms with Gasteiger partial charge in [0, 0.05) is 41.9 Å². The van der Waals surface area contributed by atoms with E-state index in [2.05, 4.69) is 20.2 Å². The van der Waals surface area contributed by atoms with E-state index in [1.165, 1.54) is 6.07 Å². The van der Waals surface area contributed by atoms with Crippen molar-refractivity contribution in [3.05, 3.63) is 72.1 Å². The standard InChI is InChI=1S/C26H24F2N4O2S/c1-16-25(20-5-3-4-6-23(20)35(2)33)31-22-12-17(27)11-21(28)24(22)26(16)30-18-13-19(15-29-14-18)32-7-9-34-10-8-32/h3-6,11-15H,7-10H2,1-2H3,(H,30,31)/t35-/m0/s1. The van der Waals surface area contributed by atoms with Gasteiger partial charge in [-0.3, -0.25) is 9.19 Å². The number of morpholine rings is 1. The van der Waals surface area contributed by atoms with E-state index in [0.29, 0.717) is 46.3 Å². The highest BCUT2D eigenvalue weighted by Gasteiger charge is 2.21. The second kappa shape index (κ2) is 9.67.